The van der Waals surface area contributed by atoms with Gasteiger partial charge in [0.2, 0.25) is 0 Å². The van der Waals surface area contributed by atoms with Crippen LogP contribution in [0.1, 0.15) is 0 Å². The second-order valence-electron chi connectivity index (χ2n) is 6.20. The molecule has 0 atom stereocenters. The number of hydrogen-bond acceptors (Lipinski definition) is 3. The minimum absolute atomic E-state index is 0.279. The SMILES string of the molecule is O=S(=O)(Oc1cccc2c(-c3ccc4ccccc4c3)cccc12)C(F)(F)F. The van der Waals surface area contributed by atoms with Gasteiger partial charge in [0.05, 0.1) is 0 Å². The maximum atomic E-state index is 12.7. The van der Waals surface area contributed by atoms with Crippen LogP contribution in [-0.2, 0) is 10.1 Å². The van der Waals surface area contributed by atoms with E-state index in [4.69, 9.17) is 0 Å². The Morgan fingerprint density at radius 1 is 0.714 bits per heavy atom. The molecular weight excluding hydrogens is 389 g/mol. The summed E-state index contributed by atoms with van der Waals surface area (Å²) >= 11 is 0. The lowest BCUT2D eigenvalue weighted by molar-refractivity contribution is -0.0499. The van der Waals surface area contributed by atoms with Crippen molar-refractivity contribution in [3.8, 4) is 16.9 Å². The zero-order valence-corrected chi connectivity index (χ0v) is 15.1. The fourth-order valence-electron chi connectivity index (χ4n) is 3.13. The first-order valence-corrected chi connectivity index (χ1v) is 9.69. The van der Waals surface area contributed by atoms with Gasteiger partial charge in [-0.05, 0) is 39.4 Å². The lowest BCUT2D eigenvalue weighted by Gasteiger charge is -2.13. The van der Waals surface area contributed by atoms with Gasteiger partial charge in [-0.1, -0.05) is 66.7 Å². The van der Waals surface area contributed by atoms with Crippen LogP contribution in [0.15, 0.2) is 78.9 Å². The summed E-state index contributed by atoms with van der Waals surface area (Å²) < 4.78 is 65.3. The molecular formula is C21H13F3O3S. The standard InChI is InChI=1S/C21H13F3O3S/c22-21(23,24)28(25,26)27-20-10-4-8-18-17(7-3-9-19(18)20)16-12-11-14-5-1-2-6-15(14)13-16/h1-13H. The van der Waals surface area contributed by atoms with E-state index in [9.17, 15) is 21.6 Å². The van der Waals surface area contributed by atoms with Gasteiger partial charge >= 0.3 is 15.6 Å². The van der Waals surface area contributed by atoms with E-state index < -0.39 is 15.6 Å². The van der Waals surface area contributed by atoms with Crippen molar-refractivity contribution in [1.29, 1.82) is 0 Å². The predicted octanol–water partition coefficient (Wildman–Crippen LogP) is 5.89. The largest absolute Gasteiger partial charge is 0.534 e. The fraction of sp³-hybridized carbons (Fsp3) is 0.0476. The lowest BCUT2D eigenvalue weighted by Crippen LogP contribution is -2.28. The lowest BCUT2D eigenvalue weighted by atomic mass is 9.96. The Morgan fingerprint density at radius 3 is 2.14 bits per heavy atom. The molecule has 4 aromatic carbocycles. The van der Waals surface area contributed by atoms with Crippen molar-refractivity contribution in [1.82, 2.24) is 0 Å². The maximum absolute atomic E-state index is 12.7. The summed E-state index contributed by atoms with van der Waals surface area (Å²) in [5, 5.41) is 2.95. The predicted molar refractivity (Wildman–Crippen MR) is 102 cm³/mol. The third-order valence-corrected chi connectivity index (χ3v) is 5.39. The molecule has 0 radical (unpaired) electrons. The highest BCUT2D eigenvalue weighted by Crippen LogP contribution is 2.36. The molecule has 0 bridgehead atoms. The first-order valence-electron chi connectivity index (χ1n) is 8.28. The number of fused-ring (bicyclic) bond motifs is 2. The monoisotopic (exact) mass is 402 g/mol. The van der Waals surface area contributed by atoms with Gasteiger partial charge in [-0.25, -0.2) is 0 Å². The molecule has 4 aromatic rings. The first-order chi connectivity index (χ1) is 13.3. The second kappa shape index (κ2) is 6.53. The van der Waals surface area contributed by atoms with Crippen molar-refractivity contribution in [3.05, 3.63) is 78.9 Å². The van der Waals surface area contributed by atoms with Crippen LogP contribution in [0.25, 0.3) is 32.7 Å². The maximum Gasteiger partial charge on any atom is 0.534 e. The Kier molecular flexibility index (Phi) is 4.27. The Balaban J connectivity index is 1.87. The van der Waals surface area contributed by atoms with Gasteiger partial charge in [-0.15, -0.1) is 0 Å². The molecule has 0 amide bonds. The minimum atomic E-state index is -5.75. The second-order valence-corrected chi connectivity index (χ2v) is 7.74. The fourth-order valence-corrected chi connectivity index (χ4v) is 3.60. The minimum Gasteiger partial charge on any atom is -0.375 e. The van der Waals surface area contributed by atoms with Crippen LogP contribution in [0.4, 0.5) is 13.2 Å². The number of benzene rings is 4. The Morgan fingerprint density at radius 2 is 1.39 bits per heavy atom. The molecule has 4 rings (SSSR count). The highest BCUT2D eigenvalue weighted by molar-refractivity contribution is 7.88. The summed E-state index contributed by atoms with van der Waals surface area (Å²) in [5.74, 6) is -0.363. The third kappa shape index (κ3) is 3.18. The zero-order chi connectivity index (χ0) is 19.9. The molecule has 0 aliphatic heterocycles. The van der Waals surface area contributed by atoms with Gasteiger partial charge in [-0.3, -0.25) is 0 Å². The van der Waals surface area contributed by atoms with Crippen LogP contribution >= 0.6 is 0 Å². The summed E-state index contributed by atoms with van der Waals surface area (Å²) in [6, 6.07) is 23.0. The molecule has 0 spiro atoms. The highest BCUT2D eigenvalue weighted by atomic mass is 32.2. The van der Waals surface area contributed by atoms with Gasteiger partial charge in [0, 0.05) is 5.39 Å². The van der Waals surface area contributed by atoms with Crippen molar-refractivity contribution in [2.45, 2.75) is 5.51 Å². The van der Waals surface area contributed by atoms with E-state index in [-0.39, 0.29) is 11.1 Å². The van der Waals surface area contributed by atoms with Crippen LogP contribution in [0.2, 0.25) is 0 Å². The molecule has 0 fully saturated rings. The van der Waals surface area contributed by atoms with Gasteiger partial charge in [0.25, 0.3) is 0 Å². The smallest absolute Gasteiger partial charge is 0.375 e. The Labute approximate surface area is 159 Å². The highest BCUT2D eigenvalue weighted by Gasteiger charge is 2.48. The van der Waals surface area contributed by atoms with Crippen LogP contribution < -0.4 is 4.18 Å². The number of rotatable bonds is 3. The topological polar surface area (TPSA) is 43.4 Å². The van der Waals surface area contributed by atoms with E-state index in [0.29, 0.717) is 5.39 Å². The number of alkyl halides is 3. The third-order valence-electron chi connectivity index (χ3n) is 4.43. The number of hydrogen-bond donors (Lipinski definition) is 0. The molecule has 0 N–H and O–H groups in total. The van der Waals surface area contributed by atoms with E-state index >= 15 is 0 Å². The molecule has 0 aliphatic carbocycles. The molecule has 28 heavy (non-hydrogen) atoms. The zero-order valence-electron chi connectivity index (χ0n) is 14.3. The molecule has 0 saturated heterocycles. The Hall–Kier alpha value is -3.06. The van der Waals surface area contributed by atoms with E-state index in [1.807, 2.05) is 48.5 Å². The van der Waals surface area contributed by atoms with E-state index in [0.717, 1.165) is 21.9 Å². The molecule has 3 nitrogen and oxygen atoms in total. The van der Waals surface area contributed by atoms with Gasteiger partial charge in [0.15, 0.2) is 5.75 Å². The average molecular weight is 402 g/mol. The first kappa shape index (κ1) is 18.3. The molecule has 0 heterocycles. The summed E-state index contributed by atoms with van der Waals surface area (Å²) in [6.07, 6.45) is 0. The average Bonchev–Trinajstić information content (AvgIpc) is 2.66. The van der Waals surface area contributed by atoms with Crippen LogP contribution in [0.5, 0.6) is 5.75 Å². The van der Waals surface area contributed by atoms with Gasteiger partial charge in [0.1, 0.15) is 0 Å². The summed E-state index contributed by atoms with van der Waals surface area (Å²) in [5.41, 5.74) is -3.87. The summed E-state index contributed by atoms with van der Waals surface area (Å²) in [6.45, 7) is 0. The normalized spacial score (nSPS) is 12.4. The Bertz CT molecular complexity index is 1300. The van der Waals surface area contributed by atoms with Crippen molar-refractivity contribution in [2.24, 2.45) is 0 Å². The molecule has 142 valence electrons. The van der Waals surface area contributed by atoms with Crippen LogP contribution in [0.3, 0.4) is 0 Å². The van der Waals surface area contributed by atoms with Crippen molar-refractivity contribution < 1.29 is 25.8 Å². The van der Waals surface area contributed by atoms with Crippen LogP contribution in [-0.4, -0.2) is 13.9 Å². The molecule has 0 unspecified atom stereocenters. The van der Waals surface area contributed by atoms with Crippen molar-refractivity contribution in [3.63, 3.8) is 0 Å². The summed E-state index contributed by atoms with van der Waals surface area (Å²) in [7, 11) is -5.75. The number of halogens is 3. The van der Waals surface area contributed by atoms with Gasteiger partial charge in [-0.2, -0.15) is 21.6 Å². The summed E-state index contributed by atoms with van der Waals surface area (Å²) in [4.78, 5) is 0. The molecule has 0 aromatic heterocycles. The van der Waals surface area contributed by atoms with E-state index in [1.54, 1.807) is 12.1 Å². The van der Waals surface area contributed by atoms with Gasteiger partial charge < -0.3 is 4.18 Å². The van der Waals surface area contributed by atoms with E-state index in [1.165, 1.54) is 18.2 Å². The van der Waals surface area contributed by atoms with Crippen LogP contribution in [0, 0.1) is 0 Å². The molecule has 7 heteroatoms. The van der Waals surface area contributed by atoms with Crippen molar-refractivity contribution in [2.75, 3.05) is 0 Å². The van der Waals surface area contributed by atoms with E-state index in [2.05, 4.69) is 4.18 Å². The molecule has 0 aliphatic rings. The quantitative estimate of drug-likeness (QED) is 0.317. The van der Waals surface area contributed by atoms with Crippen molar-refractivity contribution >= 4 is 31.7 Å². The molecule has 0 saturated carbocycles.